The second-order valence-corrected chi connectivity index (χ2v) is 6.35. The monoisotopic (exact) mass is 260 g/mol. The molecule has 1 N–H and O–H groups in total. The fraction of sp³-hybridized carbons (Fsp3) is 0.647. The number of benzene rings is 1. The van der Waals surface area contributed by atoms with Crippen LogP contribution in [0.3, 0.4) is 0 Å². The van der Waals surface area contributed by atoms with Gasteiger partial charge in [0.15, 0.2) is 0 Å². The quantitative estimate of drug-likeness (QED) is 0.875. The second kappa shape index (κ2) is 6.53. The molecule has 1 fully saturated rings. The Morgan fingerprint density at radius 1 is 1.16 bits per heavy atom. The van der Waals surface area contributed by atoms with E-state index in [1.54, 1.807) is 0 Å². The minimum Gasteiger partial charge on any atom is -0.319 e. The van der Waals surface area contributed by atoms with Crippen molar-refractivity contribution < 1.29 is 0 Å². The average Bonchev–Trinajstić information content (AvgIpc) is 2.69. The molecular weight excluding hydrogens is 232 g/mol. The second-order valence-electron chi connectivity index (χ2n) is 6.35. The summed E-state index contributed by atoms with van der Waals surface area (Å²) >= 11 is 0. The van der Waals surface area contributed by atoms with Gasteiger partial charge in [-0.1, -0.05) is 45.0 Å². The molecule has 1 aliphatic rings. The highest BCUT2D eigenvalue weighted by Gasteiger charge is 2.25. The normalized spacial score (nSPS) is 25.7. The molecule has 0 aromatic heterocycles. The number of nitrogens with zero attached hydrogens (tertiary/aromatic N) is 1. The van der Waals surface area contributed by atoms with E-state index >= 15 is 0 Å². The third-order valence-corrected chi connectivity index (χ3v) is 4.53. The summed E-state index contributed by atoms with van der Waals surface area (Å²) in [7, 11) is 2.01. The van der Waals surface area contributed by atoms with E-state index in [9.17, 15) is 0 Å². The molecule has 1 heterocycles. The molecule has 2 nitrogen and oxygen atoms in total. The van der Waals surface area contributed by atoms with Crippen LogP contribution in [0.4, 0.5) is 0 Å². The zero-order valence-corrected chi connectivity index (χ0v) is 12.8. The first-order valence-corrected chi connectivity index (χ1v) is 7.56. The minimum atomic E-state index is 0.589. The Kier molecular flexibility index (Phi) is 5.00. The van der Waals surface area contributed by atoms with Crippen molar-refractivity contribution in [2.24, 2.45) is 11.8 Å². The molecule has 19 heavy (non-hydrogen) atoms. The third-order valence-electron chi connectivity index (χ3n) is 4.53. The lowest BCUT2D eigenvalue weighted by Crippen LogP contribution is -2.20. The fourth-order valence-corrected chi connectivity index (χ4v) is 3.01. The summed E-state index contributed by atoms with van der Waals surface area (Å²) in [5.74, 6) is 2.27. The van der Waals surface area contributed by atoms with Crippen LogP contribution < -0.4 is 5.32 Å². The van der Waals surface area contributed by atoms with E-state index in [1.165, 1.54) is 24.2 Å². The van der Waals surface area contributed by atoms with Gasteiger partial charge in [-0.05, 0) is 35.9 Å². The molecular formula is C17H28N2. The molecule has 0 bridgehead atoms. The van der Waals surface area contributed by atoms with E-state index in [4.69, 9.17) is 0 Å². The molecule has 1 aliphatic heterocycles. The lowest BCUT2D eigenvalue weighted by atomic mass is 10.00. The van der Waals surface area contributed by atoms with Crippen molar-refractivity contribution in [1.82, 2.24) is 10.2 Å². The SMILES string of the molecule is CNCC(C)c1ccc(CN2CC(C)C(C)C2)cc1. The topological polar surface area (TPSA) is 15.3 Å². The van der Waals surface area contributed by atoms with Gasteiger partial charge in [-0.15, -0.1) is 0 Å². The Morgan fingerprint density at radius 2 is 1.74 bits per heavy atom. The standard InChI is InChI=1S/C17H28N2/c1-13(9-18-4)17-7-5-16(6-8-17)12-19-10-14(2)15(3)11-19/h5-8,13-15,18H,9-12H2,1-4H3. The maximum absolute atomic E-state index is 3.24. The first kappa shape index (κ1) is 14.5. The largest absolute Gasteiger partial charge is 0.319 e. The number of likely N-dealkylation sites (tertiary alicyclic amines) is 1. The molecule has 0 saturated carbocycles. The van der Waals surface area contributed by atoms with E-state index in [0.717, 1.165) is 24.9 Å². The average molecular weight is 260 g/mol. The molecule has 3 atom stereocenters. The van der Waals surface area contributed by atoms with Crippen LogP contribution in [-0.2, 0) is 6.54 Å². The number of hydrogen-bond acceptors (Lipinski definition) is 2. The van der Waals surface area contributed by atoms with Crippen molar-refractivity contribution >= 4 is 0 Å². The van der Waals surface area contributed by atoms with Crippen LogP contribution in [0.1, 0.15) is 37.8 Å². The Morgan fingerprint density at radius 3 is 2.26 bits per heavy atom. The number of nitrogens with one attached hydrogen (secondary N) is 1. The van der Waals surface area contributed by atoms with E-state index in [0.29, 0.717) is 5.92 Å². The number of likely N-dealkylation sites (N-methyl/N-ethyl adjacent to an activating group) is 1. The van der Waals surface area contributed by atoms with Crippen LogP contribution in [0.25, 0.3) is 0 Å². The predicted molar refractivity (Wildman–Crippen MR) is 82.4 cm³/mol. The van der Waals surface area contributed by atoms with Crippen LogP contribution >= 0.6 is 0 Å². The van der Waals surface area contributed by atoms with Gasteiger partial charge in [0, 0.05) is 26.2 Å². The van der Waals surface area contributed by atoms with Gasteiger partial charge in [-0.2, -0.15) is 0 Å². The summed E-state index contributed by atoms with van der Waals surface area (Å²) in [5.41, 5.74) is 2.88. The molecule has 0 amide bonds. The fourth-order valence-electron chi connectivity index (χ4n) is 3.01. The molecule has 2 rings (SSSR count). The smallest absolute Gasteiger partial charge is 0.0233 e. The van der Waals surface area contributed by atoms with E-state index < -0.39 is 0 Å². The van der Waals surface area contributed by atoms with Crippen molar-refractivity contribution in [3.63, 3.8) is 0 Å². The van der Waals surface area contributed by atoms with Gasteiger partial charge in [0.05, 0.1) is 0 Å². The number of hydrogen-bond donors (Lipinski definition) is 1. The molecule has 2 heteroatoms. The van der Waals surface area contributed by atoms with Crippen LogP contribution in [0.2, 0.25) is 0 Å². The van der Waals surface area contributed by atoms with Crippen molar-refractivity contribution in [2.75, 3.05) is 26.7 Å². The molecule has 106 valence electrons. The first-order valence-electron chi connectivity index (χ1n) is 7.56. The first-order chi connectivity index (χ1) is 9.10. The molecule has 0 aliphatic carbocycles. The van der Waals surface area contributed by atoms with Gasteiger partial charge < -0.3 is 5.32 Å². The zero-order chi connectivity index (χ0) is 13.8. The van der Waals surface area contributed by atoms with Crippen LogP contribution in [0.5, 0.6) is 0 Å². The highest BCUT2D eigenvalue weighted by atomic mass is 15.1. The Labute approximate surface area is 118 Å². The van der Waals surface area contributed by atoms with Crippen LogP contribution in [0, 0.1) is 11.8 Å². The molecule has 1 saturated heterocycles. The summed E-state index contributed by atoms with van der Waals surface area (Å²) in [4.78, 5) is 2.58. The molecule has 3 unspecified atom stereocenters. The summed E-state index contributed by atoms with van der Waals surface area (Å²) in [5, 5.41) is 3.24. The summed E-state index contributed by atoms with van der Waals surface area (Å²) in [6.45, 7) is 11.7. The van der Waals surface area contributed by atoms with Crippen LogP contribution in [0.15, 0.2) is 24.3 Å². The maximum atomic E-state index is 3.24. The van der Waals surface area contributed by atoms with Gasteiger partial charge >= 0.3 is 0 Å². The minimum absolute atomic E-state index is 0.589. The van der Waals surface area contributed by atoms with E-state index in [2.05, 4.69) is 55.3 Å². The van der Waals surface area contributed by atoms with Gasteiger partial charge in [0.25, 0.3) is 0 Å². The highest BCUT2D eigenvalue weighted by molar-refractivity contribution is 5.25. The lowest BCUT2D eigenvalue weighted by Gasteiger charge is -2.16. The zero-order valence-electron chi connectivity index (χ0n) is 12.8. The Hall–Kier alpha value is -0.860. The Balaban J connectivity index is 1.92. The van der Waals surface area contributed by atoms with Crippen molar-refractivity contribution in [2.45, 2.75) is 33.2 Å². The number of rotatable bonds is 5. The van der Waals surface area contributed by atoms with E-state index in [1.807, 2.05) is 7.05 Å². The van der Waals surface area contributed by atoms with Gasteiger partial charge in [-0.25, -0.2) is 0 Å². The van der Waals surface area contributed by atoms with Gasteiger partial charge in [0.1, 0.15) is 0 Å². The summed E-state index contributed by atoms with van der Waals surface area (Å²) in [6, 6.07) is 9.19. The van der Waals surface area contributed by atoms with Gasteiger partial charge in [-0.3, -0.25) is 4.90 Å². The van der Waals surface area contributed by atoms with Crippen molar-refractivity contribution in [1.29, 1.82) is 0 Å². The highest BCUT2D eigenvalue weighted by Crippen LogP contribution is 2.24. The predicted octanol–water partition coefficient (Wildman–Crippen LogP) is 3.10. The van der Waals surface area contributed by atoms with E-state index in [-0.39, 0.29) is 0 Å². The third kappa shape index (κ3) is 3.80. The lowest BCUT2D eigenvalue weighted by molar-refractivity contribution is 0.316. The molecule has 1 aromatic rings. The van der Waals surface area contributed by atoms with Crippen molar-refractivity contribution in [3.8, 4) is 0 Å². The van der Waals surface area contributed by atoms with Gasteiger partial charge in [0.2, 0.25) is 0 Å². The molecule has 1 aromatic carbocycles. The van der Waals surface area contributed by atoms with Crippen LogP contribution in [-0.4, -0.2) is 31.6 Å². The summed E-state index contributed by atoms with van der Waals surface area (Å²) in [6.07, 6.45) is 0. The maximum Gasteiger partial charge on any atom is 0.0233 e. The summed E-state index contributed by atoms with van der Waals surface area (Å²) < 4.78 is 0. The molecule has 0 spiro atoms. The van der Waals surface area contributed by atoms with Crippen molar-refractivity contribution in [3.05, 3.63) is 35.4 Å². The molecule has 0 radical (unpaired) electrons. The Bertz CT molecular complexity index is 375.